The quantitative estimate of drug-likeness (QED) is 0.521. The molecule has 0 fully saturated rings. The van der Waals surface area contributed by atoms with Gasteiger partial charge in [0.15, 0.2) is 0 Å². The average Bonchev–Trinajstić information content (AvgIpc) is 2.71. The number of benzene rings is 2. The smallest absolute Gasteiger partial charge is 0.349 e. The van der Waals surface area contributed by atoms with E-state index < -0.39 is 11.5 Å². The number of fused-ring (bicyclic) bond motifs is 1. The Hall–Kier alpha value is -3.64. The minimum atomic E-state index is -0.731. The first-order valence-corrected chi connectivity index (χ1v) is 9.17. The fourth-order valence-corrected chi connectivity index (χ4v) is 3.15. The van der Waals surface area contributed by atoms with Gasteiger partial charge in [0, 0.05) is 22.7 Å². The molecule has 1 amide bonds. The van der Waals surface area contributed by atoms with Crippen molar-refractivity contribution in [2.24, 2.45) is 0 Å². The first-order chi connectivity index (χ1) is 14.0. The Morgan fingerprint density at radius 3 is 2.59 bits per heavy atom. The minimum absolute atomic E-state index is 0.118. The second-order valence-electron chi connectivity index (χ2n) is 6.41. The van der Waals surface area contributed by atoms with Crippen LogP contribution in [0, 0.1) is 0 Å². The third-order valence-corrected chi connectivity index (χ3v) is 4.79. The molecule has 0 saturated carbocycles. The minimum Gasteiger partial charge on any atom is -0.422 e. The van der Waals surface area contributed by atoms with E-state index in [1.54, 1.807) is 36.4 Å². The topological polar surface area (TPSA) is 81.3 Å². The summed E-state index contributed by atoms with van der Waals surface area (Å²) in [6.07, 6.45) is 1.51. The van der Waals surface area contributed by atoms with Crippen molar-refractivity contribution in [3.8, 4) is 0 Å². The predicted molar refractivity (Wildman–Crippen MR) is 112 cm³/mol. The monoisotopic (exact) mass is 406 g/mol. The maximum Gasteiger partial charge on any atom is 0.349 e. The summed E-state index contributed by atoms with van der Waals surface area (Å²) in [6.45, 7) is 0.250. The summed E-state index contributed by atoms with van der Waals surface area (Å²) in [5.74, 6) is -0.618. The van der Waals surface area contributed by atoms with Crippen LogP contribution in [0.5, 0.6) is 0 Å². The van der Waals surface area contributed by atoms with E-state index in [0.29, 0.717) is 21.7 Å². The Labute approximate surface area is 170 Å². The molecule has 2 aromatic carbocycles. The van der Waals surface area contributed by atoms with Gasteiger partial charge in [-0.15, -0.1) is 0 Å². The first kappa shape index (κ1) is 18.7. The van der Waals surface area contributed by atoms with Gasteiger partial charge in [0.05, 0.1) is 12.2 Å². The molecule has 0 atom stereocenters. The number of nitrogens with one attached hydrogen (secondary N) is 1. The molecule has 0 unspecified atom stereocenters. The lowest BCUT2D eigenvalue weighted by molar-refractivity contribution is 0.102. The second-order valence-corrected chi connectivity index (χ2v) is 6.82. The van der Waals surface area contributed by atoms with Crippen molar-refractivity contribution in [2.45, 2.75) is 6.54 Å². The number of halogens is 1. The number of hydrogen-bond acceptors (Lipinski definition) is 4. The van der Waals surface area contributed by atoms with Crippen LogP contribution < -0.4 is 16.5 Å². The van der Waals surface area contributed by atoms with Crippen molar-refractivity contribution < 1.29 is 9.21 Å². The zero-order valence-corrected chi connectivity index (χ0v) is 15.8. The molecule has 144 valence electrons. The van der Waals surface area contributed by atoms with E-state index in [2.05, 4.69) is 5.32 Å². The molecule has 0 aliphatic carbocycles. The van der Waals surface area contributed by atoms with Crippen LogP contribution in [-0.4, -0.2) is 10.5 Å². The van der Waals surface area contributed by atoms with Crippen molar-refractivity contribution in [3.63, 3.8) is 0 Å². The number of nitrogens with zero attached hydrogens (tertiary/aromatic N) is 1. The van der Waals surface area contributed by atoms with Crippen LogP contribution in [0.25, 0.3) is 11.0 Å². The zero-order chi connectivity index (χ0) is 20.4. The number of carbonyl (C=O) groups excluding carboxylic acids is 1. The highest BCUT2D eigenvalue weighted by molar-refractivity contribution is 6.31. The molecule has 4 aromatic rings. The van der Waals surface area contributed by atoms with Gasteiger partial charge in [0.2, 0.25) is 0 Å². The van der Waals surface area contributed by atoms with Crippen molar-refractivity contribution in [2.75, 3.05) is 5.32 Å². The number of para-hydroxylation sites is 1. The first-order valence-electron chi connectivity index (χ1n) is 8.79. The lowest BCUT2D eigenvalue weighted by atomic mass is 10.2. The Kier molecular flexibility index (Phi) is 5.01. The molecular formula is C22H15ClN2O4. The Balaban J connectivity index is 1.62. The molecule has 6 nitrogen and oxygen atoms in total. The van der Waals surface area contributed by atoms with E-state index in [1.165, 1.54) is 29.0 Å². The van der Waals surface area contributed by atoms with Gasteiger partial charge < -0.3 is 14.3 Å². The number of hydrogen-bond donors (Lipinski definition) is 1. The van der Waals surface area contributed by atoms with Gasteiger partial charge in [-0.3, -0.25) is 9.59 Å². The summed E-state index contributed by atoms with van der Waals surface area (Å²) >= 11 is 6.17. The van der Waals surface area contributed by atoms with Crippen LogP contribution in [0.3, 0.4) is 0 Å². The fourth-order valence-electron chi connectivity index (χ4n) is 2.96. The summed E-state index contributed by atoms with van der Waals surface area (Å²) in [7, 11) is 0. The van der Waals surface area contributed by atoms with Crippen LogP contribution in [0.4, 0.5) is 5.69 Å². The SMILES string of the molecule is O=C(Nc1ccc(=O)n(Cc2ccccc2Cl)c1)c1cc2ccccc2oc1=O. The molecule has 0 spiro atoms. The predicted octanol–water partition coefficient (Wildman–Crippen LogP) is 3.91. The van der Waals surface area contributed by atoms with Gasteiger partial charge in [-0.05, 0) is 29.8 Å². The van der Waals surface area contributed by atoms with Crippen molar-refractivity contribution in [1.29, 1.82) is 0 Å². The van der Waals surface area contributed by atoms with Gasteiger partial charge in [0.1, 0.15) is 11.1 Å². The molecule has 0 bridgehead atoms. The van der Waals surface area contributed by atoms with E-state index in [1.807, 2.05) is 12.1 Å². The third-order valence-electron chi connectivity index (χ3n) is 4.43. The largest absolute Gasteiger partial charge is 0.422 e. The molecule has 0 aliphatic heterocycles. The number of anilines is 1. The molecule has 4 rings (SSSR count). The van der Waals surface area contributed by atoms with Crippen LogP contribution in [0.1, 0.15) is 15.9 Å². The normalized spacial score (nSPS) is 10.8. The van der Waals surface area contributed by atoms with E-state index in [4.69, 9.17) is 16.0 Å². The van der Waals surface area contributed by atoms with Gasteiger partial charge in [-0.1, -0.05) is 48.0 Å². The summed E-state index contributed by atoms with van der Waals surface area (Å²) in [4.78, 5) is 37.0. The van der Waals surface area contributed by atoms with Crippen LogP contribution in [0.15, 0.2) is 86.9 Å². The van der Waals surface area contributed by atoms with Gasteiger partial charge >= 0.3 is 5.63 Å². The van der Waals surface area contributed by atoms with Gasteiger partial charge in [0.25, 0.3) is 11.5 Å². The molecule has 1 N–H and O–H groups in total. The summed E-state index contributed by atoms with van der Waals surface area (Å²) in [6, 6.07) is 18.4. The lowest BCUT2D eigenvalue weighted by Gasteiger charge is -2.10. The number of pyridine rings is 1. The van der Waals surface area contributed by atoms with Crippen LogP contribution in [-0.2, 0) is 6.54 Å². The van der Waals surface area contributed by atoms with Crippen LogP contribution in [0.2, 0.25) is 5.02 Å². The molecule has 2 aromatic heterocycles. The highest BCUT2D eigenvalue weighted by Gasteiger charge is 2.14. The maximum atomic E-state index is 12.6. The molecule has 0 radical (unpaired) electrons. The third kappa shape index (κ3) is 3.97. The zero-order valence-electron chi connectivity index (χ0n) is 15.1. The van der Waals surface area contributed by atoms with Crippen molar-refractivity contribution >= 4 is 34.2 Å². The molecule has 29 heavy (non-hydrogen) atoms. The second kappa shape index (κ2) is 7.77. The van der Waals surface area contributed by atoms with Gasteiger partial charge in [-0.2, -0.15) is 0 Å². The molecule has 7 heteroatoms. The van der Waals surface area contributed by atoms with E-state index >= 15 is 0 Å². The highest BCUT2D eigenvalue weighted by Crippen LogP contribution is 2.17. The summed E-state index contributed by atoms with van der Waals surface area (Å²) < 4.78 is 6.63. The molecule has 0 aliphatic rings. The highest BCUT2D eigenvalue weighted by atomic mass is 35.5. The molecular weight excluding hydrogens is 392 g/mol. The van der Waals surface area contributed by atoms with E-state index in [0.717, 1.165) is 5.56 Å². The van der Waals surface area contributed by atoms with Crippen molar-refractivity contribution in [1.82, 2.24) is 4.57 Å². The Bertz CT molecular complexity index is 1340. The lowest BCUT2D eigenvalue weighted by Crippen LogP contribution is -2.23. The molecule has 2 heterocycles. The van der Waals surface area contributed by atoms with E-state index in [-0.39, 0.29) is 17.7 Å². The van der Waals surface area contributed by atoms with Crippen molar-refractivity contribution in [3.05, 3.63) is 110 Å². The van der Waals surface area contributed by atoms with E-state index in [9.17, 15) is 14.4 Å². The number of carbonyl (C=O) groups is 1. The fraction of sp³-hybridized carbons (Fsp3) is 0.0455. The Morgan fingerprint density at radius 2 is 1.76 bits per heavy atom. The Morgan fingerprint density at radius 1 is 1.00 bits per heavy atom. The van der Waals surface area contributed by atoms with Gasteiger partial charge in [-0.25, -0.2) is 4.79 Å². The van der Waals surface area contributed by atoms with Crippen LogP contribution >= 0.6 is 11.6 Å². The standard InChI is InChI=1S/C22H15ClN2O4/c23-18-7-3-1-6-15(18)12-25-13-16(9-10-20(25)26)24-21(27)17-11-14-5-2-4-8-19(14)29-22(17)28/h1-11,13H,12H2,(H,24,27). The number of rotatable bonds is 4. The summed E-state index contributed by atoms with van der Waals surface area (Å²) in [5.41, 5.74) is 0.456. The molecule has 0 saturated heterocycles. The summed E-state index contributed by atoms with van der Waals surface area (Å²) in [5, 5.41) is 3.82. The average molecular weight is 407 g/mol. The maximum absolute atomic E-state index is 12.6. The number of aromatic nitrogens is 1. The number of amides is 1.